The third kappa shape index (κ3) is 22.3. The van der Waals surface area contributed by atoms with Crippen molar-refractivity contribution in [2.45, 2.75) is 122 Å². The monoisotopic (exact) mass is 497 g/mol. The van der Waals surface area contributed by atoms with E-state index in [9.17, 15) is 19.5 Å². The van der Waals surface area contributed by atoms with Crippen molar-refractivity contribution in [3.8, 4) is 0 Å². The Kier molecular flexibility index (Phi) is 21.3. The predicted octanol–water partition coefficient (Wildman–Crippen LogP) is 5.32. The highest BCUT2D eigenvalue weighted by Gasteiger charge is 2.33. The summed E-state index contributed by atoms with van der Waals surface area (Å²) < 4.78 is -0.496. The lowest BCUT2D eigenvalue weighted by molar-refractivity contribution is -0.909. The lowest BCUT2D eigenvalue weighted by Crippen LogP contribution is -2.59. The van der Waals surface area contributed by atoms with Gasteiger partial charge in [0.25, 0.3) is 0 Å². The van der Waals surface area contributed by atoms with Gasteiger partial charge in [-0.25, -0.2) is 9.59 Å². The van der Waals surface area contributed by atoms with E-state index in [1.807, 2.05) is 0 Å². The SMILES string of the molecule is C/C=C/CCCCCCCCCCCCCCCCCCC[N+](CC(=O)[O-])(CC(=O)O)CC(=O)O. The molecule has 0 saturated heterocycles. The largest absolute Gasteiger partial charge is 0.544 e. The molecule has 0 amide bonds. The minimum Gasteiger partial charge on any atom is -0.544 e. The van der Waals surface area contributed by atoms with E-state index in [-0.39, 0.29) is 6.54 Å². The number of hydrogen-bond donors (Lipinski definition) is 2. The highest BCUT2D eigenvalue weighted by molar-refractivity contribution is 5.72. The van der Waals surface area contributed by atoms with Crippen LogP contribution in [0.3, 0.4) is 0 Å². The third-order valence-corrected chi connectivity index (χ3v) is 6.64. The molecule has 0 saturated carbocycles. The first-order valence-corrected chi connectivity index (χ1v) is 13.9. The van der Waals surface area contributed by atoms with Crippen LogP contribution in [0, 0.1) is 0 Å². The van der Waals surface area contributed by atoms with Crippen molar-refractivity contribution >= 4 is 17.9 Å². The maximum absolute atomic E-state index is 11.2. The fourth-order valence-corrected chi connectivity index (χ4v) is 4.78. The molecule has 0 radical (unpaired) electrons. The van der Waals surface area contributed by atoms with Gasteiger partial charge in [0.15, 0.2) is 13.1 Å². The molecule has 0 bridgehead atoms. The Bertz CT molecular complexity index is 549. The van der Waals surface area contributed by atoms with Crippen molar-refractivity contribution in [2.24, 2.45) is 0 Å². The number of hydrogen-bond acceptors (Lipinski definition) is 4. The highest BCUT2D eigenvalue weighted by Crippen LogP contribution is 2.16. The minimum absolute atomic E-state index is 0.225. The molecule has 35 heavy (non-hydrogen) atoms. The quantitative estimate of drug-likeness (QED) is 0.0949. The van der Waals surface area contributed by atoms with E-state index in [1.54, 1.807) is 0 Å². The Labute approximate surface area is 213 Å². The molecule has 204 valence electrons. The van der Waals surface area contributed by atoms with E-state index in [4.69, 9.17) is 10.2 Å². The van der Waals surface area contributed by atoms with E-state index in [2.05, 4.69) is 19.1 Å². The molecule has 0 aliphatic heterocycles. The molecule has 0 aromatic heterocycles. The van der Waals surface area contributed by atoms with Crippen molar-refractivity contribution < 1.29 is 34.2 Å². The molecule has 0 unspecified atom stereocenters. The molecule has 0 spiro atoms. The lowest BCUT2D eigenvalue weighted by Gasteiger charge is -2.36. The van der Waals surface area contributed by atoms with E-state index in [0.29, 0.717) is 6.42 Å². The second-order valence-corrected chi connectivity index (χ2v) is 10.1. The Balaban J connectivity index is 3.67. The second kappa shape index (κ2) is 22.6. The van der Waals surface area contributed by atoms with Gasteiger partial charge in [-0.3, -0.25) is 0 Å². The maximum atomic E-state index is 11.2. The molecule has 0 aliphatic rings. The van der Waals surface area contributed by atoms with Gasteiger partial charge in [-0.05, 0) is 32.6 Å². The molecule has 0 aliphatic carbocycles. The topological polar surface area (TPSA) is 115 Å². The summed E-state index contributed by atoms with van der Waals surface area (Å²) in [4.78, 5) is 33.4. The number of carbonyl (C=O) groups excluding carboxylic acids is 1. The first kappa shape index (κ1) is 33.1. The summed E-state index contributed by atoms with van der Waals surface area (Å²) >= 11 is 0. The zero-order valence-corrected chi connectivity index (χ0v) is 22.2. The number of rotatable bonds is 26. The maximum Gasteiger partial charge on any atom is 0.359 e. The summed E-state index contributed by atoms with van der Waals surface area (Å²) in [6.07, 6.45) is 26.4. The van der Waals surface area contributed by atoms with Crippen LogP contribution in [0.5, 0.6) is 0 Å². The fourth-order valence-electron chi connectivity index (χ4n) is 4.78. The Hall–Kier alpha value is -1.89. The van der Waals surface area contributed by atoms with Gasteiger partial charge >= 0.3 is 11.9 Å². The predicted molar refractivity (Wildman–Crippen MR) is 138 cm³/mol. The van der Waals surface area contributed by atoms with Crippen LogP contribution in [0.15, 0.2) is 12.2 Å². The molecule has 0 aromatic rings. The van der Waals surface area contributed by atoms with E-state index in [0.717, 1.165) is 19.3 Å². The smallest absolute Gasteiger partial charge is 0.359 e. The van der Waals surface area contributed by atoms with Gasteiger partial charge in [-0.1, -0.05) is 102 Å². The van der Waals surface area contributed by atoms with E-state index >= 15 is 0 Å². The van der Waals surface area contributed by atoms with Crippen molar-refractivity contribution in [1.82, 2.24) is 0 Å². The molecule has 0 fully saturated rings. The second-order valence-electron chi connectivity index (χ2n) is 10.1. The summed E-state index contributed by atoms with van der Waals surface area (Å²) in [7, 11) is 0. The van der Waals surface area contributed by atoms with Crippen LogP contribution in [-0.2, 0) is 14.4 Å². The lowest BCUT2D eigenvalue weighted by atomic mass is 10.0. The molecule has 2 N–H and O–H groups in total. The van der Waals surface area contributed by atoms with Crippen molar-refractivity contribution in [1.29, 1.82) is 0 Å². The summed E-state index contributed by atoms with van der Waals surface area (Å²) in [5.74, 6) is -3.81. The van der Waals surface area contributed by atoms with Crippen LogP contribution in [0.2, 0.25) is 0 Å². The van der Waals surface area contributed by atoms with Crippen molar-refractivity contribution in [2.75, 3.05) is 26.2 Å². The number of carboxylic acids is 3. The third-order valence-electron chi connectivity index (χ3n) is 6.64. The molecular weight excluding hydrogens is 446 g/mol. The molecule has 7 nitrogen and oxygen atoms in total. The summed E-state index contributed by atoms with van der Waals surface area (Å²) in [6.45, 7) is 0.688. The molecule has 7 heteroatoms. The van der Waals surface area contributed by atoms with Gasteiger partial charge in [0, 0.05) is 0 Å². The van der Waals surface area contributed by atoms with Gasteiger partial charge in [-0.15, -0.1) is 0 Å². The van der Waals surface area contributed by atoms with Crippen molar-refractivity contribution in [3.05, 3.63) is 12.2 Å². The summed E-state index contributed by atoms with van der Waals surface area (Å²) in [5, 5.41) is 29.3. The number of quaternary nitrogens is 1. The number of carboxylic acid groups (broad SMARTS) is 3. The molecule has 0 aromatic carbocycles. The fraction of sp³-hybridized carbons (Fsp3) is 0.821. The number of carbonyl (C=O) groups is 3. The van der Waals surface area contributed by atoms with Gasteiger partial charge in [0.1, 0.15) is 6.54 Å². The Morgan fingerprint density at radius 3 is 1.26 bits per heavy atom. The highest BCUT2D eigenvalue weighted by atomic mass is 16.4. The van der Waals surface area contributed by atoms with Crippen LogP contribution in [0.25, 0.3) is 0 Å². The number of allylic oxidation sites excluding steroid dienone is 2. The molecule has 0 heterocycles. The minimum atomic E-state index is -1.42. The Morgan fingerprint density at radius 2 is 0.943 bits per heavy atom. The number of unbranched alkanes of at least 4 members (excludes halogenated alkanes) is 17. The van der Waals surface area contributed by atoms with Crippen LogP contribution < -0.4 is 5.11 Å². The summed E-state index contributed by atoms with van der Waals surface area (Å²) in [5.41, 5.74) is 0. The number of nitrogens with zero attached hydrogens (tertiary/aromatic N) is 1. The van der Waals surface area contributed by atoms with Crippen LogP contribution in [0.1, 0.15) is 122 Å². The first-order chi connectivity index (χ1) is 16.8. The van der Waals surface area contributed by atoms with Crippen molar-refractivity contribution in [3.63, 3.8) is 0 Å². The zero-order valence-electron chi connectivity index (χ0n) is 22.2. The van der Waals surface area contributed by atoms with E-state index < -0.39 is 42.0 Å². The average Bonchev–Trinajstić information content (AvgIpc) is 2.76. The van der Waals surface area contributed by atoms with Gasteiger partial charge in [-0.2, -0.15) is 0 Å². The Morgan fingerprint density at radius 1 is 0.600 bits per heavy atom. The summed E-state index contributed by atoms with van der Waals surface area (Å²) in [6, 6.07) is 0. The first-order valence-electron chi connectivity index (χ1n) is 13.9. The normalized spacial score (nSPS) is 11.8. The molecular formula is C28H51NO6. The van der Waals surface area contributed by atoms with Gasteiger partial charge < -0.3 is 24.6 Å². The zero-order chi connectivity index (χ0) is 26.2. The van der Waals surface area contributed by atoms with Gasteiger partial charge in [0.05, 0.1) is 12.5 Å². The van der Waals surface area contributed by atoms with Crippen LogP contribution >= 0.6 is 0 Å². The van der Waals surface area contributed by atoms with E-state index in [1.165, 1.54) is 89.9 Å². The molecule has 0 atom stereocenters. The van der Waals surface area contributed by atoms with Crippen LogP contribution in [0.4, 0.5) is 0 Å². The van der Waals surface area contributed by atoms with Gasteiger partial charge in [0.2, 0.25) is 0 Å². The standard InChI is InChI=1S/C28H51NO6/c1-2-3-4-5-6-7-8-9-10-11-12-13-14-15-16-17-18-19-20-21-22-29(23-26(30)31,24-27(32)33)25-28(34)35/h2-3H,4-25H2,1H3,(H2-,30,31,32,33,34,35)/b3-2+. The number of aliphatic carboxylic acids is 3. The average molecular weight is 498 g/mol. The molecule has 0 rings (SSSR count). The van der Waals surface area contributed by atoms with Crippen LogP contribution in [-0.4, -0.2) is 58.8 Å².